The van der Waals surface area contributed by atoms with Crippen LogP contribution in [0.15, 0.2) is 22.9 Å². The molecule has 0 saturated carbocycles. The van der Waals surface area contributed by atoms with E-state index >= 15 is 0 Å². The Morgan fingerprint density at radius 1 is 1.20 bits per heavy atom. The van der Waals surface area contributed by atoms with E-state index < -0.39 is 0 Å². The van der Waals surface area contributed by atoms with Crippen LogP contribution in [0.5, 0.6) is 0 Å². The van der Waals surface area contributed by atoms with Gasteiger partial charge in [0, 0.05) is 10.2 Å². The standard InChI is InChI=1S/C13H13BrN6/c1-6-3-8(14)4-7(2)9(6)18-12-10-11(17-5-16-10)19-13(15)20-12/h3-5H,1-2H3,(H4,15,16,17,18,19,20). The summed E-state index contributed by atoms with van der Waals surface area (Å²) in [6.45, 7) is 4.07. The smallest absolute Gasteiger partial charge is 0.224 e. The number of nitrogen functional groups attached to an aromatic ring is 1. The van der Waals surface area contributed by atoms with Crippen LogP contribution < -0.4 is 11.1 Å². The monoisotopic (exact) mass is 332 g/mol. The lowest BCUT2D eigenvalue weighted by atomic mass is 10.1. The molecule has 20 heavy (non-hydrogen) atoms. The number of hydrogen-bond acceptors (Lipinski definition) is 5. The molecule has 0 saturated heterocycles. The van der Waals surface area contributed by atoms with Crippen molar-refractivity contribution in [2.75, 3.05) is 11.1 Å². The Labute approximate surface area is 124 Å². The van der Waals surface area contributed by atoms with E-state index in [-0.39, 0.29) is 5.95 Å². The van der Waals surface area contributed by atoms with E-state index in [2.05, 4.69) is 41.2 Å². The lowest BCUT2D eigenvalue weighted by Gasteiger charge is -2.13. The van der Waals surface area contributed by atoms with Gasteiger partial charge in [0.1, 0.15) is 5.52 Å². The van der Waals surface area contributed by atoms with Crippen molar-refractivity contribution >= 4 is 44.5 Å². The largest absolute Gasteiger partial charge is 0.368 e. The number of nitrogens with two attached hydrogens (primary N) is 1. The van der Waals surface area contributed by atoms with Gasteiger partial charge in [0.2, 0.25) is 5.95 Å². The van der Waals surface area contributed by atoms with Crippen LogP contribution in [0.2, 0.25) is 0 Å². The topological polar surface area (TPSA) is 92.5 Å². The Morgan fingerprint density at radius 3 is 2.60 bits per heavy atom. The quantitative estimate of drug-likeness (QED) is 0.670. The van der Waals surface area contributed by atoms with Crippen molar-refractivity contribution in [1.29, 1.82) is 0 Å². The van der Waals surface area contributed by atoms with Gasteiger partial charge in [-0.15, -0.1) is 0 Å². The molecule has 4 N–H and O–H groups in total. The van der Waals surface area contributed by atoms with Gasteiger partial charge < -0.3 is 16.0 Å². The number of hydrogen-bond donors (Lipinski definition) is 3. The maximum Gasteiger partial charge on any atom is 0.224 e. The molecule has 6 nitrogen and oxygen atoms in total. The SMILES string of the molecule is Cc1cc(Br)cc(C)c1Nc1nc(N)nc2nc[nH]c12. The summed E-state index contributed by atoms with van der Waals surface area (Å²) in [5, 5.41) is 3.31. The zero-order valence-corrected chi connectivity index (χ0v) is 12.6. The molecule has 0 bridgehead atoms. The molecular weight excluding hydrogens is 320 g/mol. The maximum absolute atomic E-state index is 5.71. The van der Waals surface area contributed by atoms with E-state index in [4.69, 9.17) is 5.73 Å². The average Bonchev–Trinajstić information content (AvgIpc) is 2.81. The van der Waals surface area contributed by atoms with Gasteiger partial charge in [-0.1, -0.05) is 15.9 Å². The minimum atomic E-state index is 0.194. The maximum atomic E-state index is 5.71. The summed E-state index contributed by atoms with van der Waals surface area (Å²) in [4.78, 5) is 15.4. The molecule has 0 aliphatic heterocycles. The normalized spacial score (nSPS) is 10.9. The van der Waals surface area contributed by atoms with Crippen molar-refractivity contribution in [3.05, 3.63) is 34.1 Å². The second kappa shape index (κ2) is 4.75. The van der Waals surface area contributed by atoms with E-state index in [1.54, 1.807) is 6.33 Å². The van der Waals surface area contributed by atoms with E-state index in [9.17, 15) is 0 Å². The molecule has 3 rings (SSSR count). The fraction of sp³-hybridized carbons (Fsp3) is 0.154. The van der Waals surface area contributed by atoms with Crippen LogP contribution in [-0.4, -0.2) is 19.9 Å². The van der Waals surface area contributed by atoms with E-state index in [0.29, 0.717) is 11.5 Å². The summed E-state index contributed by atoms with van der Waals surface area (Å²) in [7, 11) is 0. The Balaban J connectivity index is 2.12. The molecule has 2 heterocycles. The summed E-state index contributed by atoms with van der Waals surface area (Å²) >= 11 is 3.49. The molecule has 1 aromatic carbocycles. The third-order valence-corrected chi connectivity index (χ3v) is 3.50. The van der Waals surface area contributed by atoms with E-state index in [1.165, 1.54) is 0 Å². The number of aromatic amines is 1. The van der Waals surface area contributed by atoms with Gasteiger partial charge in [-0.25, -0.2) is 4.98 Å². The Bertz CT molecular complexity index is 772. The average molecular weight is 333 g/mol. The molecule has 3 aromatic rings. The molecule has 0 fully saturated rings. The molecule has 0 spiro atoms. The van der Waals surface area contributed by atoms with Gasteiger partial charge >= 0.3 is 0 Å². The number of imidazole rings is 1. The molecule has 0 atom stereocenters. The second-order valence-electron chi connectivity index (χ2n) is 4.57. The zero-order chi connectivity index (χ0) is 14.3. The van der Waals surface area contributed by atoms with Crippen LogP contribution in [0.25, 0.3) is 11.2 Å². The highest BCUT2D eigenvalue weighted by molar-refractivity contribution is 9.10. The first-order chi connectivity index (χ1) is 9.54. The minimum Gasteiger partial charge on any atom is -0.368 e. The number of nitrogens with one attached hydrogen (secondary N) is 2. The van der Waals surface area contributed by atoms with Crippen LogP contribution in [0, 0.1) is 13.8 Å². The van der Waals surface area contributed by atoms with Gasteiger partial charge in [-0.05, 0) is 37.1 Å². The Kier molecular flexibility index (Phi) is 3.06. The first kappa shape index (κ1) is 12.9. The van der Waals surface area contributed by atoms with Gasteiger partial charge in [0.05, 0.1) is 6.33 Å². The zero-order valence-electron chi connectivity index (χ0n) is 11.0. The van der Waals surface area contributed by atoms with Crippen molar-refractivity contribution in [2.24, 2.45) is 0 Å². The molecule has 0 radical (unpaired) electrons. The van der Waals surface area contributed by atoms with E-state index in [1.807, 2.05) is 26.0 Å². The van der Waals surface area contributed by atoms with Gasteiger partial charge in [0.25, 0.3) is 0 Å². The predicted octanol–water partition coefficient (Wildman–Crippen LogP) is 3.06. The number of anilines is 3. The Hall–Kier alpha value is -2.15. The second-order valence-corrected chi connectivity index (χ2v) is 5.49. The summed E-state index contributed by atoms with van der Waals surface area (Å²) in [6, 6.07) is 4.09. The number of aromatic nitrogens is 4. The number of benzene rings is 1. The number of nitrogens with zero attached hydrogens (tertiary/aromatic N) is 3. The van der Waals surface area contributed by atoms with Crippen molar-refractivity contribution in [1.82, 2.24) is 19.9 Å². The molecule has 0 aliphatic carbocycles. The highest BCUT2D eigenvalue weighted by Crippen LogP contribution is 2.29. The van der Waals surface area contributed by atoms with Crippen LogP contribution in [0.1, 0.15) is 11.1 Å². The van der Waals surface area contributed by atoms with Crippen LogP contribution in [-0.2, 0) is 0 Å². The van der Waals surface area contributed by atoms with Crippen molar-refractivity contribution in [3.63, 3.8) is 0 Å². The fourth-order valence-corrected chi connectivity index (χ4v) is 2.85. The van der Waals surface area contributed by atoms with Gasteiger partial charge in [-0.2, -0.15) is 9.97 Å². The molecule has 0 unspecified atom stereocenters. The first-order valence-corrected chi connectivity index (χ1v) is 6.84. The molecule has 7 heteroatoms. The van der Waals surface area contributed by atoms with Crippen LogP contribution >= 0.6 is 15.9 Å². The lowest BCUT2D eigenvalue weighted by molar-refractivity contribution is 1.21. The predicted molar refractivity (Wildman–Crippen MR) is 83.0 cm³/mol. The van der Waals surface area contributed by atoms with Crippen molar-refractivity contribution < 1.29 is 0 Å². The molecule has 0 aliphatic rings. The van der Waals surface area contributed by atoms with Gasteiger partial charge in [0.15, 0.2) is 11.5 Å². The minimum absolute atomic E-state index is 0.194. The van der Waals surface area contributed by atoms with Crippen LogP contribution in [0.3, 0.4) is 0 Å². The van der Waals surface area contributed by atoms with E-state index in [0.717, 1.165) is 26.8 Å². The number of H-pyrrole nitrogens is 1. The lowest BCUT2D eigenvalue weighted by Crippen LogP contribution is -2.03. The fourth-order valence-electron chi connectivity index (χ4n) is 2.17. The number of aryl methyl sites for hydroxylation is 2. The van der Waals surface area contributed by atoms with Gasteiger partial charge in [-0.3, -0.25) is 0 Å². The molecule has 2 aromatic heterocycles. The third kappa shape index (κ3) is 2.20. The summed E-state index contributed by atoms with van der Waals surface area (Å²) in [6.07, 6.45) is 1.57. The Morgan fingerprint density at radius 2 is 1.90 bits per heavy atom. The number of rotatable bonds is 2. The van der Waals surface area contributed by atoms with Crippen LogP contribution in [0.4, 0.5) is 17.5 Å². The highest BCUT2D eigenvalue weighted by atomic mass is 79.9. The first-order valence-electron chi connectivity index (χ1n) is 6.05. The molecule has 0 amide bonds. The molecule has 102 valence electrons. The number of halogens is 1. The summed E-state index contributed by atoms with van der Waals surface area (Å²) in [5.74, 6) is 0.818. The third-order valence-electron chi connectivity index (χ3n) is 3.04. The van der Waals surface area contributed by atoms with Crippen molar-refractivity contribution in [3.8, 4) is 0 Å². The molecular formula is C13H13BrN6. The summed E-state index contributed by atoms with van der Waals surface area (Å²) < 4.78 is 1.05. The highest BCUT2D eigenvalue weighted by Gasteiger charge is 2.11. The van der Waals surface area contributed by atoms with Crippen molar-refractivity contribution in [2.45, 2.75) is 13.8 Å². The number of fused-ring (bicyclic) bond motifs is 1. The summed E-state index contributed by atoms with van der Waals surface area (Å²) in [5.41, 5.74) is 10.2.